The summed E-state index contributed by atoms with van der Waals surface area (Å²) in [6, 6.07) is 3.10. The van der Waals surface area contributed by atoms with Crippen LogP contribution >= 0.6 is 11.6 Å². The van der Waals surface area contributed by atoms with Gasteiger partial charge in [-0.25, -0.2) is 9.78 Å². The average Bonchev–Trinajstić information content (AvgIpc) is 3.16. The van der Waals surface area contributed by atoms with Gasteiger partial charge in [-0.15, -0.1) is 13.2 Å². The Morgan fingerprint density at radius 2 is 2.00 bits per heavy atom. The number of aliphatic hydroxyl groups excluding tert-OH is 1. The van der Waals surface area contributed by atoms with Gasteiger partial charge in [-0.05, 0) is 30.5 Å². The van der Waals surface area contributed by atoms with Crippen molar-refractivity contribution in [2.45, 2.75) is 38.7 Å². The largest absolute Gasteiger partial charge is 0.572 e. The summed E-state index contributed by atoms with van der Waals surface area (Å²) in [6.45, 7) is -0.208. The van der Waals surface area contributed by atoms with Crippen LogP contribution in [0.3, 0.4) is 0 Å². The van der Waals surface area contributed by atoms with E-state index in [-0.39, 0.29) is 72.8 Å². The summed E-state index contributed by atoms with van der Waals surface area (Å²) in [4.78, 5) is 34.5. The average molecular weight is 528 g/mol. The lowest BCUT2D eigenvalue weighted by Gasteiger charge is -2.17. The van der Waals surface area contributed by atoms with Crippen molar-refractivity contribution in [2.24, 2.45) is 7.05 Å². The van der Waals surface area contributed by atoms with Gasteiger partial charge in [0.15, 0.2) is 11.2 Å². The molecule has 3 heterocycles. The fraction of sp³-hybridized carbons (Fsp3) is 0.364. The monoisotopic (exact) mass is 527 g/mol. The molecule has 0 saturated heterocycles. The molecular formula is C22H21ClF3N5O5. The van der Waals surface area contributed by atoms with Crippen LogP contribution in [0.2, 0.25) is 5.15 Å². The van der Waals surface area contributed by atoms with Crippen molar-refractivity contribution in [1.29, 1.82) is 0 Å². The third-order valence-corrected chi connectivity index (χ3v) is 5.59. The molecule has 14 heteroatoms. The van der Waals surface area contributed by atoms with Crippen molar-refractivity contribution in [3.05, 3.63) is 73.6 Å². The van der Waals surface area contributed by atoms with Crippen molar-refractivity contribution in [3.8, 4) is 6.01 Å². The minimum Gasteiger partial charge on any atom is -0.426 e. The maximum absolute atomic E-state index is 13.3. The van der Waals surface area contributed by atoms with Crippen LogP contribution in [-0.4, -0.2) is 41.7 Å². The first kappa shape index (κ1) is 25.5. The van der Waals surface area contributed by atoms with Gasteiger partial charge in [0, 0.05) is 38.9 Å². The quantitative estimate of drug-likeness (QED) is 0.448. The second-order valence-corrected chi connectivity index (χ2v) is 8.31. The molecule has 0 radical (unpaired) electrons. The number of aryl methyl sites for hydroxylation is 1. The normalized spacial score (nSPS) is 14.1. The topological polar surface area (TPSA) is 113 Å². The van der Waals surface area contributed by atoms with E-state index in [0.29, 0.717) is 5.56 Å². The van der Waals surface area contributed by atoms with Crippen LogP contribution in [0.4, 0.5) is 13.2 Å². The molecule has 3 aromatic rings. The number of alkyl halides is 3. The minimum absolute atomic E-state index is 0.0200. The van der Waals surface area contributed by atoms with Crippen LogP contribution in [-0.2, 0) is 24.9 Å². The van der Waals surface area contributed by atoms with Gasteiger partial charge in [-0.3, -0.25) is 18.5 Å². The Morgan fingerprint density at radius 3 is 2.67 bits per heavy atom. The number of imidazole rings is 1. The molecule has 0 amide bonds. The second-order valence-electron chi connectivity index (χ2n) is 7.92. The van der Waals surface area contributed by atoms with Crippen molar-refractivity contribution in [2.75, 3.05) is 6.61 Å². The lowest BCUT2D eigenvalue weighted by molar-refractivity contribution is -0.306. The van der Waals surface area contributed by atoms with Gasteiger partial charge >= 0.3 is 18.1 Å². The molecule has 0 aromatic carbocycles. The first-order valence-corrected chi connectivity index (χ1v) is 11.2. The Bertz CT molecular complexity index is 1450. The zero-order chi connectivity index (χ0) is 26.0. The SMILES string of the molecule is Cn1c(=O)n(CCCO)c(=O)c2c1nc(OC1=CCCC(OC(F)(F)F)=C1)n2Cc1ccc(Cl)nc1. The van der Waals surface area contributed by atoms with Gasteiger partial charge in [0.05, 0.1) is 6.54 Å². The van der Waals surface area contributed by atoms with E-state index in [2.05, 4.69) is 14.7 Å². The first-order chi connectivity index (χ1) is 17.1. The van der Waals surface area contributed by atoms with E-state index >= 15 is 0 Å². The Balaban J connectivity index is 1.84. The Labute approximate surface area is 206 Å². The van der Waals surface area contributed by atoms with Crippen LogP contribution in [0.15, 0.2) is 51.6 Å². The zero-order valence-corrected chi connectivity index (χ0v) is 19.7. The number of aromatic nitrogens is 5. The number of ether oxygens (including phenoxy) is 2. The summed E-state index contributed by atoms with van der Waals surface area (Å²) in [6.07, 6.45) is -0.258. The molecule has 0 unspecified atom stereocenters. The minimum atomic E-state index is -4.85. The van der Waals surface area contributed by atoms with E-state index in [0.717, 1.165) is 10.6 Å². The summed E-state index contributed by atoms with van der Waals surface area (Å²) in [5.74, 6) is -0.291. The maximum atomic E-state index is 13.3. The summed E-state index contributed by atoms with van der Waals surface area (Å²) in [7, 11) is 1.43. The second kappa shape index (κ2) is 10.2. The lowest BCUT2D eigenvalue weighted by atomic mass is 10.1. The fourth-order valence-corrected chi connectivity index (χ4v) is 3.85. The molecule has 0 fully saturated rings. The number of nitrogens with zero attached hydrogens (tertiary/aromatic N) is 5. The number of pyridine rings is 1. The van der Waals surface area contributed by atoms with Crippen LogP contribution in [0.1, 0.15) is 24.8 Å². The van der Waals surface area contributed by atoms with Gasteiger partial charge in [0.1, 0.15) is 16.7 Å². The summed E-state index contributed by atoms with van der Waals surface area (Å²) >= 11 is 5.87. The third kappa shape index (κ3) is 5.46. The molecule has 1 aliphatic rings. The highest BCUT2D eigenvalue weighted by Gasteiger charge is 2.32. The smallest absolute Gasteiger partial charge is 0.426 e. The van der Waals surface area contributed by atoms with Gasteiger partial charge < -0.3 is 14.6 Å². The standard InChI is InChI=1S/C22H21ClF3N5O5/c1-29-18-17(19(33)30(21(29)34)8-3-9-32)31(12-13-6-7-16(23)27-11-13)20(28-18)35-14-4-2-5-15(10-14)36-22(24,25)26/h4,6-7,10-11,32H,2-3,5,8-9,12H2,1H3. The Morgan fingerprint density at radius 1 is 1.22 bits per heavy atom. The lowest BCUT2D eigenvalue weighted by Crippen LogP contribution is -2.39. The number of hydrogen-bond donors (Lipinski definition) is 1. The van der Waals surface area contributed by atoms with E-state index in [1.54, 1.807) is 18.2 Å². The molecule has 1 aliphatic carbocycles. The Hall–Kier alpha value is -3.58. The van der Waals surface area contributed by atoms with Crippen molar-refractivity contribution in [1.82, 2.24) is 23.7 Å². The molecule has 3 aromatic heterocycles. The number of halogens is 4. The number of aliphatic hydroxyl groups is 1. The molecule has 0 spiro atoms. The highest BCUT2D eigenvalue weighted by atomic mass is 35.5. The van der Waals surface area contributed by atoms with E-state index in [1.165, 1.54) is 22.4 Å². The summed E-state index contributed by atoms with van der Waals surface area (Å²) in [5.41, 5.74) is -0.613. The molecule has 0 aliphatic heterocycles. The van der Waals surface area contributed by atoms with Crippen molar-refractivity contribution in [3.63, 3.8) is 0 Å². The van der Waals surface area contributed by atoms with E-state index in [4.69, 9.17) is 16.3 Å². The molecule has 1 N–H and O–H groups in total. The van der Waals surface area contributed by atoms with Crippen LogP contribution in [0.25, 0.3) is 11.2 Å². The van der Waals surface area contributed by atoms with Crippen LogP contribution in [0, 0.1) is 0 Å². The summed E-state index contributed by atoms with van der Waals surface area (Å²) in [5, 5.41) is 9.43. The predicted molar refractivity (Wildman–Crippen MR) is 122 cm³/mol. The number of fused-ring (bicyclic) bond motifs is 1. The maximum Gasteiger partial charge on any atom is 0.572 e. The fourth-order valence-electron chi connectivity index (χ4n) is 3.74. The van der Waals surface area contributed by atoms with Crippen molar-refractivity contribution < 1.29 is 27.8 Å². The van der Waals surface area contributed by atoms with E-state index < -0.39 is 17.6 Å². The molecule has 0 bridgehead atoms. The van der Waals surface area contributed by atoms with Crippen molar-refractivity contribution >= 4 is 22.8 Å². The zero-order valence-electron chi connectivity index (χ0n) is 19.0. The van der Waals surface area contributed by atoms with Crippen LogP contribution < -0.4 is 16.0 Å². The molecule has 192 valence electrons. The van der Waals surface area contributed by atoms with Gasteiger partial charge in [-0.2, -0.15) is 4.98 Å². The number of allylic oxidation sites excluding steroid dienone is 3. The Kier molecular flexibility index (Phi) is 7.22. The molecule has 0 atom stereocenters. The van der Waals surface area contributed by atoms with Crippen LogP contribution in [0.5, 0.6) is 6.01 Å². The molecule has 0 saturated carbocycles. The predicted octanol–water partition coefficient (Wildman–Crippen LogP) is 2.85. The summed E-state index contributed by atoms with van der Waals surface area (Å²) < 4.78 is 51.4. The third-order valence-electron chi connectivity index (χ3n) is 5.36. The highest BCUT2D eigenvalue weighted by Crippen LogP contribution is 2.29. The number of hydrogen-bond acceptors (Lipinski definition) is 7. The highest BCUT2D eigenvalue weighted by molar-refractivity contribution is 6.29. The van der Waals surface area contributed by atoms with Gasteiger partial charge in [-0.1, -0.05) is 17.7 Å². The number of rotatable bonds is 8. The molecule has 10 nitrogen and oxygen atoms in total. The molecule has 36 heavy (non-hydrogen) atoms. The van der Waals surface area contributed by atoms with E-state index in [1.807, 2.05) is 0 Å². The van der Waals surface area contributed by atoms with Gasteiger partial charge in [0.2, 0.25) is 0 Å². The van der Waals surface area contributed by atoms with Gasteiger partial charge in [0.25, 0.3) is 5.56 Å². The molecular weight excluding hydrogens is 507 g/mol. The molecule has 4 rings (SSSR count). The first-order valence-electron chi connectivity index (χ1n) is 10.8. The van der Waals surface area contributed by atoms with E-state index in [9.17, 15) is 27.9 Å².